The fourth-order valence-electron chi connectivity index (χ4n) is 3.92. The topological polar surface area (TPSA) is 25.2 Å². The molecule has 0 fully saturated rings. The van der Waals surface area contributed by atoms with Gasteiger partial charge in [0.05, 0.1) is 16.9 Å². The van der Waals surface area contributed by atoms with Gasteiger partial charge in [-0.1, -0.05) is 76.1 Å². The minimum Gasteiger partial charge on any atom is -0.284 e. The second-order valence-electron chi connectivity index (χ2n) is 7.18. The van der Waals surface area contributed by atoms with Crippen LogP contribution in [0.25, 0.3) is 22.2 Å². The van der Waals surface area contributed by atoms with Gasteiger partial charge in [-0.05, 0) is 37.1 Å². The molecule has 28 heavy (non-hydrogen) atoms. The van der Waals surface area contributed by atoms with E-state index < -0.39 is 0 Å². The van der Waals surface area contributed by atoms with E-state index in [-0.39, 0.29) is 0 Å². The van der Waals surface area contributed by atoms with Crippen LogP contribution in [0, 0.1) is 6.92 Å². The molecule has 3 heteroatoms. The molecule has 0 bridgehead atoms. The number of benzene rings is 3. The summed E-state index contributed by atoms with van der Waals surface area (Å²) in [6.45, 7) is 2.92. The number of hydrogen-bond donors (Lipinski definition) is 0. The maximum atomic E-state index is 5.09. The summed E-state index contributed by atoms with van der Waals surface area (Å²) in [7, 11) is 0. The smallest absolute Gasteiger partial charge is 0.0806 e. The number of pyridine rings is 1. The number of halogens is 1. The quantitative estimate of drug-likeness (QED) is 0.365. The molecule has 0 aliphatic carbocycles. The first kappa shape index (κ1) is 17.3. The third-order valence-corrected chi connectivity index (χ3v) is 5.84. The number of hydrogen-bond acceptors (Lipinski definition) is 2. The van der Waals surface area contributed by atoms with Crippen LogP contribution in [0.4, 0.5) is 0 Å². The summed E-state index contributed by atoms with van der Waals surface area (Å²) in [5, 5.41) is 1.23. The molecule has 0 radical (unpaired) electrons. The zero-order chi connectivity index (χ0) is 19.1. The number of fused-ring (bicyclic) bond motifs is 3. The van der Waals surface area contributed by atoms with E-state index in [1.165, 1.54) is 22.1 Å². The van der Waals surface area contributed by atoms with E-state index in [1.807, 2.05) is 0 Å². The van der Waals surface area contributed by atoms with Crippen LogP contribution in [0.1, 0.15) is 22.3 Å². The molecule has 136 valence electrons. The van der Waals surface area contributed by atoms with Crippen LogP contribution >= 0.6 is 15.9 Å². The lowest BCUT2D eigenvalue weighted by Gasteiger charge is -2.22. The summed E-state index contributed by atoms with van der Waals surface area (Å²) in [6, 6.07) is 25.5. The van der Waals surface area contributed by atoms with Gasteiger partial charge in [0.1, 0.15) is 0 Å². The summed E-state index contributed by atoms with van der Waals surface area (Å²) < 4.78 is 1.07. The van der Waals surface area contributed by atoms with E-state index in [0.717, 1.165) is 45.5 Å². The molecule has 0 saturated carbocycles. The van der Waals surface area contributed by atoms with Crippen molar-refractivity contribution in [2.24, 2.45) is 4.99 Å². The molecule has 2 nitrogen and oxygen atoms in total. The van der Waals surface area contributed by atoms with Crippen molar-refractivity contribution in [2.45, 2.75) is 13.3 Å². The van der Waals surface area contributed by atoms with Gasteiger partial charge >= 0.3 is 0 Å². The van der Waals surface area contributed by atoms with E-state index in [2.05, 4.69) is 95.7 Å². The van der Waals surface area contributed by atoms with Gasteiger partial charge in [0.2, 0.25) is 0 Å². The molecule has 5 rings (SSSR count). The van der Waals surface area contributed by atoms with Gasteiger partial charge in [0, 0.05) is 33.1 Å². The largest absolute Gasteiger partial charge is 0.284 e. The standard InChI is InChI=1S/C25H19BrN2/c1-16-6-8-17(9-7-16)24-23-21(14-15-27-24)20-4-2-3-5-22(20)28-25(23)18-10-12-19(26)13-11-18/h2-13H,14-15H2,1H3. The van der Waals surface area contributed by atoms with Crippen molar-refractivity contribution in [3.63, 3.8) is 0 Å². The molecule has 1 aliphatic heterocycles. The van der Waals surface area contributed by atoms with Crippen LogP contribution in [0.2, 0.25) is 0 Å². The van der Waals surface area contributed by atoms with E-state index >= 15 is 0 Å². The van der Waals surface area contributed by atoms with Crippen LogP contribution in [0.3, 0.4) is 0 Å². The first-order chi connectivity index (χ1) is 13.7. The second-order valence-corrected chi connectivity index (χ2v) is 8.10. The Bertz CT molecular complexity index is 1210. The molecule has 0 N–H and O–H groups in total. The van der Waals surface area contributed by atoms with Gasteiger partial charge in [-0.3, -0.25) is 4.99 Å². The average Bonchev–Trinajstić information content (AvgIpc) is 2.74. The molecule has 1 aromatic heterocycles. The van der Waals surface area contributed by atoms with Gasteiger partial charge < -0.3 is 0 Å². The normalized spacial score (nSPS) is 13.3. The lowest BCUT2D eigenvalue weighted by Crippen LogP contribution is -2.17. The van der Waals surface area contributed by atoms with Crippen LogP contribution < -0.4 is 0 Å². The molecule has 1 aliphatic rings. The highest BCUT2D eigenvalue weighted by Crippen LogP contribution is 2.35. The van der Waals surface area contributed by atoms with Gasteiger partial charge in [-0.25, -0.2) is 4.98 Å². The Kier molecular flexibility index (Phi) is 4.33. The molecule has 0 unspecified atom stereocenters. The fraction of sp³-hybridized carbons (Fsp3) is 0.120. The number of para-hydroxylation sites is 1. The highest BCUT2D eigenvalue weighted by molar-refractivity contribution is 9.10. The zero-order valence-corrected chi connectivity index (χ0v) is 17.2. The molecule has 0 saturated heterocycles. The fourth-order valence-corrected chi connectivity index (χ4v) is 4.18. The number of aryl methyl sites for hydroxylation is 1. The first-order valence-electron chi connectivity index (χ1n) is 9.50. The third-order valence-electron chi connectivity index (χ3n) is 5.31. The van der Waals surface area contributed by atoms with Gasteiger partial charge in [-0.15, -0.1) is 0 Å². The predicted molar refractivity (Wildman–Crippen MR) is 120 cm³/mol. The van der Waals surface area contributed by atoms with Crippen LogP contribution in [-0.2, 0) is 6.42 Å². The molecular formula is C25H19BrN2. The average molecular weight is 427 g/mol. The van der Waals surface area contributed by atoms with E-state index in [1.54, 1.807) is 0 Å². The van der Waals surface area contributed by atoms with Gasteiger partial charge in [0.15, 0.2) is 0 Å². The molecule has 0 atom stereocenters. The Balaban J connectivity index is 1.82. The Morgan fingerprint density at radius 1 is 0.821 bits per heavy atom. The molecular weight excluding hydrogens is 408 g/mol. The van der Waals surface area contributed by atoms with Crippen LogP contribution in [0.15, 0.2) is 82.3 Å². The maximum absolute atomic E-state index is 5.09. The molecule has 3 aromatic carbocycles. The zero-order valence-electron chi connectivity index (χ0n) is 15.6. The number of aliphatic imine (C=N–C) groups is 1. The minimum atomic E-state index is 0.810. The minimum absolute atomic E-state index is 0.810. The predicted octanol–water partition coefficient (Wildman–Crippen LogP) is 6.37. The van der Waals surface area contributed by atoms with Gasteiger partial charge in [-0.2, -0.15) is 0 Å². The van der Waals surface area contributed by atoms with Gasteiger partial charge in [0.25, 0.3) is 0 Å². The molecule has 0 spiro atoms. The molecule has 2 heterocycles. The number of aromatic nitrogens is 1. The van der Waals surface area contributed by atoms with Crippen molar-refractivity contribution in [1.82, 2.24) is 4.98 Å². The summed E-state index contributed by atoms with van der Waals surface area (Å²) in [5.41, 5.74) is 9.17. The van der Waals surface area contributed by atoms with Crippen molar-refractivity contribution >= 4 is 32.5 Å². The number of nitrogens with zero attached hydrogens (tertiary/aromatic N) is 2. The summed E-state index contributed by atoms with van der Waals surface area (Å²) in [4.78, 5) is 10.0. The summed E-state index contributed by atoms with van der Waals surface area (Å²) >= 11 is 3.54. The summed E-state index contributed by atoms with van der Waals surface area (Å²) in [6.07, 6.45) is 0.942. The molecule has 0 amide bonds. The third kappa shape index (κ3) is 2.96. The Labute approximate surface area is 173 Å². The monoisotopic (exact) mass is 426 g/mol. The lowest BCUT2D eigenvalue weighted by molar-refractivity contribution is 0.950. The maximum Gasteiger partial charge on any atom is 0.0806 e. The van der Waals surface area contributed by atoms with Crippen molar-refractivity contribution < 1.29 is 0 Å². The Hall–Kier alpha value is -2.78. The molecule has 4 aromatic rings. The van der Waals surface area contributed by atoms with Crippen molar-refractivity contribution in [1.29, 1.82) is 0 Å². The van der Waals surface area contributed by atoms with E-state index in [9.17, 15) is 0 Å². The van der Waals surface area contributed by atoms with E-state index in [0.29, 0.717) is 0 Å². The highest BCUT2D eigenvalue weighted by Gasteiger charge is 2.24. The van der Waals surface area contributed by atoms with Crippen molar-refractivity contribution in [3.8, 4) is 11.3 Å². The first-order valence-corrected chi connectivity index (χ1v) is 10.3. The highest BCUT2D eigenvalue weighted by atomic mass is 79.9. The number of rotatable bonds is 2. The van der Waals surface area contributed by atoms with Crippen molar-refractivity contribution in [3.05, 3.63) is 99.5 Å². The lowest BCUT2D eigenvalue weighted by atomic mass is 9.87. The SMILES string of the molecule is Cc1ccc(C2=NCCc3c2c(-c2ccc(Br)cc2)nc2ccccc32)cc1. The Morgan fingerprint density at radius 2 is 1.54 bits per heavy atom. The van der Waals surface area contributed by atoms with E-state index in [4.69, 9.17) is 9.98 Å². The Morgan fingerprint density at radius 3 is 2.32 bits per heavy atom. The van der Waals surface area contributed by atoms with Crippen LogP contribution in [0.5, 0.6) is 0 Å². The van der Waals surface area contributed by atoms with Crippen molar-refractivity contribution in [2.75, 3.05) is 6.54 Å². The van der Waals surface area contributed by atoms with Crippen LogP contribution in [-0.4, -0.2) is 17.2 Å². The second kappa shape index (κ2) is 6.99. The summed E-state index contributed by atoms with van der Waals surface area (Å²) in [5.74, 6) is 0.